The van der Waals surface area contributed by atoms with E-state index in [4.69, 9.17) is 0 Å². The van der Waals surface area contributed by atoms with Gasteiger partial charge in [0.25, 0.3) is 5.56 Å². The number of hydrogen-bond donors (Lipinski definition) is 1. The van der Waals surface area contributed by atoms with Crippen molar-refractivity contribution in [2.75, 3.05) is 25.0 Å². The van der Waals surface area contributed by atoms with Crippen LogP contribution in [0, 0.1) is 0 Å². The van der Waals surface area contributed by atoms with Gasteiger partial charge in [-0.3, -0.25) is 4.79 Å². The first-order valence-electron chi connectivity index (χ1n) is 7.92. The highest BCUT2D eigenvalue weighted by molar-refractivity contribution is 7.92. The van der Waals surface area contributed by atoms with Crippen LogP contribution in [-0.2, 0) is 16.4 Å². The number of para-hydroxylation sites is 1. The summed E-state index contributed by atoms with van der Waals surface area (Å²) >= 11 is 0. The Hall–Kier alpha value is -1.90. The van der Waals surface area contributed by atoms with Gasteiger partial charge >= 0.3 is 0 Å². The van der Waals surface area contributed by atoms with Gasteiger partial charge in [-0.25, -0.2) is 13.1 Å². The standard InChI is InChI=1S/C16H20N4O3S.ClH/c1-3-19(4-2)9-10-20-16(21)15-13(11-17-20)18-12-7-5-6-8-14(12)24(15,22)23;/h5-8,11,18H,3-4,9-10H2,1-2H3;1H. The Morgan fingerprint density at radius 2 is 1.84 bits per heavy atom. The molecule has 1 aliphatic heterocycles. The molecule has 0 saturated heterocycles. The Kier molecular flexibility index (Phi) is 5.87. The predicted molar refractivity (Wildman–Crippen MR) is 98.7 cm³/mol. The maximum absolute atomic E-state index is 12.8. The van der Waals surface area contributed by atoms with E-state index in [-0.39, 0.29) is 27.9 Å². The lowest BCUT2D eigenvalue weighted by Gasteiger charge is -2.22. The van der Waals surface area contributed by atoms with E-state index in [1.165, 1.54) is 16.9 Å². The summed E-state index contributed by atoms with van der Waals surface area (Å²) < 4.78 is 26.9. The predicted octanol–water partition coefficient (Wildman–Crippen LogP) is 1.90. The molecule has 3 rings (SSSR count). The highest BCUT2D eigenvalue weighted by Crippen LogP contribution is 2.36. The molecule has 0 radical (unpaired) electrons. The van der Waals surface area contributed by atoms with Crippen LogP contribution in [0.2, 0.25) is 0 Å². The maximum atomic E-state index is 12.8. The van der Waals surface area contributed by atoms with Gasteiger partial charge in [-0.05, 0) is 25.2 Å². The number of anilines is 2. The Balaban J connectivity index is 0.00000225. The fraction of sp³-hybridized carbons (Fsp3) is 0.375. The topological polar surface area (TPSA) is 84.3 Å². The van der Waals surface area contributed by atoms with E-state index in [1.54, 1.807) is 18.2 Å². The summed E-state index contributed by atoms with van der Waals surface area (Å²) in [6.07, 6.45) is 1.41. The van der Waals surface area contributed by atoms with E-state index in [0.717, 1.165) is 13.1 Å². The number of fused-ring (bicyclic) bond motifs is 2. The third kappa shape index (κ3) is 3.42. The number of likely N-dealkylation sites (N-methyl/N-ethyl adjacent to an activating group) is 1. The molecule has 1 aliphatic rings. The van der Waals surface area contributed by atoms with Crippen molar-refractivity contribution in [2.45, 2.75) is 30.2 Å². The smallest absolute Gasteiger partial charge is 0.288 e. The average molecular weight is 385 g/mol. The van der Waals surface area contributed by atoms with Gasteiger partial charge in [-0.15, -0.1) is 12.4 Å². The highest BCUT2D eigenvalue weighted by atomic mass is 35.5. The van der Waals surface area contributed by atoms with Gasteiger partial charge in [0.1, 0.15) is 0 Å². The van der Waals surface area contributed by atoms with Gasteiger partial charge in [0.15, 0.2) is 4.90 Å². The molecule has 0 atom stereocenters. The van der Waals surface area contributed by atoms with Crippen molar-refractivity contribution in [1.82, 2.24) is 14.7 Å². The van der Waals surface area contributed by atoms with Gasteiger partial charge in [0.2, 0.25) is 9.84 Å². The first kappa shape index (κ1) is 19.4. The third-order valence-corrected chi connectivity index (χ3v) is 6.10. The summed E-state index contributed by atoms with van der Waals surface area (Å²) in [5.74, 6) is 0. The Morgan fingerprint density at radius 3 is 2.52 bits per heavy atom. The molecule has 0 aliphatic carbocycles. The van der Waals surface area contributed by atoms with E-state index in [9.17, 15) is 13.2 Å². The number of nitrogens with zero attached hydrogens (tertiary/aromatic N) is 3. The quantitative estimate of drug-likeness (QED) is 0.723. The van der Waals surface area contributed by atoms with E-state index >= 15 is 0 Å². The molecule has 2 heterocycles. The summed E-state index contributed by atoms with van der Waals surface area (Å²) in [5, 5.41) is 7.11. The van der Waals surface area contributed by atoms with Gasteiger partial charge in [-0.1, -0.05) is 26.0 Å². The van der Waals surface area contributed by atoms with Crippen LogP contribution in [-0.4, -0.2) is 42.7 Å². The number of sulfone groups is 1. The van der Waals surface area contributed by atoms with Crippen molar-refractivity contribution in [3.05, 3.63) is 40.8 Å². The summed E-state index contributed by atoms with van der Waals surface area (Å²) in [4.78, 5) is 14.7. The number of aromatic nitrogens is 2. The maximum Gasteiger partial charge on any atom is 0.288 e. The first-order chi connectivity index (χ1) is 11.5. The molecule has 0 saturated carbocycles. The van der Waals surface area contributed by atoms with Gasteiger partial charge in [-0.2, -0.15) is 5.10 Å². The molecule has 25 heavy (non-hydrogen) atoms. The number of hydrogen-bond acceptors (Lipinski definition) is 6. The van der Waals surface area contributed by atoms with E-state index in [0.29, 0.717) is 18.8 Å². The Labute approximate surface area is 153 Å². The van der Waals surface area contributed by atoms with Crippen LogP contribution in [0.4, 0.5) is 11.4 Å². The summed E-state index contributed by atoms with van der Waals surface area (Å²) in [7, 11) is -3.85. The number of halogens is 1. The molecule has 0 amide bonds. The van der Waals surface area contributed by atoms with Crippen LogP contribution in [0.3, 0.4) is 0 Å². The lowest BCUT2D eigenvalue weighted by atomic mass is 10.3. The van der Waals surface area contributed by atoms with Gasteiger partial charge < -0.3 is 10.2 Å². The molecular weight excluding hydrogens is 364 g/mol. The molecule has 1 N–H and O–H groups in total. The second kappa shape index (κ2) is 7.55. The van der Waals surface area contributed by atoms with Crippen molar-refractivity contribution < 1.29 is 8.42 Å². The van der Waals surface area contributed by atoms with Crippen LogP contribution in [0.15, 0.2) is 45.0 Å². The van der Waals surface area contributed by atoms with Crippen LogP contribution >= 0.6 is 12.4 Å². The van der Waals surface area contributed by atoms with Crippen LogP contribution < -0.4 is 10.9 Å². The average Bonchev–Trinajstić information content (AvgIpc) is 2.57. The fourth-order valence-electron chi connectivity index (χ4n) is 2.81. The van der Waals surface area contributed by atoms with Crippen LogP contribution in [0.5, 0.6) is 0 Å². The SMILES string of the molecule is CCN(CC)CCn1ncc2c(c1=O)S(=O)(=O)c1ccccc1N2.Cl. The zero-order valence-electron chi connectivity index (χ0n) is 14.1. The number of nitrogens with one attached hydrogen (secondary N) is 1. The molecular formula is C16H21ClN4O3S. The van der Waals surface area contributed by atoms with Crippen molar-refractivity contribution in [3.63, 3.8) is 0 Å². The number of rotatable bonds is 5. The van der Waals surface area contributed by atoms with Crippen molar-refractivity contribution >= 4 is 33.6 Å². The molecule has 2 aromatic rings. The second-order valence-electron chi connectivity index (χ2n) is 5.57. The minimum atomic E-state index is -3.85. The lowest BCUT2D eigenvalue weighted by molar-refractivity contribution is 0.282. The monoisotopic (exact) mass is 384 g/mol. The zero-order chi connectivity index (χ0) is 17.3. The van der Waals surface area contributed by atoms with E-state index in [1.807, 2.05) is 13.8 Å². The summed E-state index contributed by atoms with van der Waals surface area (Å²) in [5.41, 5.74) is 0.117. The van der Waals surface area contributed by atoms with Gasteiger partial charge in [0, 0.05) is 6.54 Å². The lowest BCUT2D eigenvalue weighted by Crippen LogP contribution is -2.35. The molecule has 0 spiro atoms. The van der Waals surface area contributed by atoms with Crippen molar-refractivity contribution in [1.29, 1.82) is 0 Å². The molecule has 1 aromatic carbocycles. The fourth-order valence-corrected chi connectivity index (χ4v) is 4.43. The van der Waals surface area contributed by atoms with E-state index < -0.39 is 15.4 Å². The second-order valence-corrected chi connectivity index (χ2v) is 7.42. The molecule has 0 bridgehead atoms. The highest BCUT2D eigenvalue weighted by Gasteiger charge is 2.33. The molecule has 0 unspecified atom stereocenters. The third-order valence-electron chi connectivity index (χ3n) is 4.24. The summed E-state index contributed by atoms with van der Waals surface area (Å²) in [6, 6.07) is 6.55. The minimum Gasteiger partial charge on any atom is -0.352 e. The first-order valence-corrected chi connectivity index (χ1v) is 9.41. The van der Waals surface area contributed by atoms with Crippen LogP contribution in [0.25, 0.3) is 0 Å². The minimum absolute atomic E-state index is 0. The molecule has 0 fully saturated rings. The van der Waals surface area contributed by atoms with Crippen molar-refractivity contribution in [2.24, 2.45) is 0 Å². The number of benzene rings is 1. The zero-order valence-corrected chi connectivity index (χ0v) is 15.7. The van der Waals surface area contributed by atoms with Gasteiger partial charge in [0.05, 0.1) is 29.0 Å². The molecule has 7 nitrogen and oxygen atoms in total. The normalized spacial score (nSPS) is 14.2. The molecule has 1 aromatic heterocycles. The largest absolute Gasteiger partial charge is 0.352 e. The summed E-state index contributed by atoms with van der Waals surface area (Å²) in [6.45, 7) is 6.80. The molecule has 9 heteroatoms. The van der Waals surface area contributed by atoms with Crippen molar-refractivity contribution in [3.8, 4) is 0 Å². The Bertz CT molecular complexity index is 923. The Morgan fingerprint density at radius 1 is 1.16 bits per heavy atom. The van der Waals surface area contributed by atoms with Crippen LogP contribution in [0.1, 0.15) is 13.8 Å². The molecule has 136 valence electrons. The van der Waals surface area contributed by atoms with E-state index in [2.05, 4.69) is 15.3 Å².